The maximum atomic E-state index is 13.0. The zero-order chi connectivity index (χ0) is 17.8. The molecule has 0 spiro atoms. The molecule has 1 amide bonds. The van der Waals surface area contributed by atoms with Crippen molar-refractivity contribution >= 4 is 16.8 Å². The summed E-state index contributed by atoms with van der Waals surface area (Å²) in [5.41, 5.74) is 4.72. The quantitative estimate of drug-likeness (QED) is 0.773. The number of carbonyl (C=O) groups excluding carboxylic acids is 1. The number of aromatic nitrogens is 2. The van der Waals surface area contributed by atoms with Gasteiger partial charge in [0.15, 0.2) is 0 Å². The molecule has 0 aliphatic carbocycles. The normalized spacial score (nSPS) is 10.6. The van der Waals surface area contributed by atoms with Gasteiger partial charge in [-0.1, -0.05) is 6.07 Å². The summed E-state index contributed by atoms with van der Waals surface area (Å²) < 4.78 is 0. The van der Waals surface area contributed by atoms with Crippen LogP contribution in [0.2, 0.25) is 0 Å². The number of nitriles is 1. The molecule has 0 bridgehead atoms. The number of amides is 1. The van der Waals surface area contributed by atoms with Crippen molar-refractivity contribution in [1.82, 2.24) is 14.9 Å². The van der Waals surface area contributed by atoms with Gasteiger partial charge in [-0.3, -0.25) is 9.78 Å². The lowest BCUT2D eigenvalue weighted by molar-refractivity contribution is 0.0745. The molecule has 1 aromatic carbocycles. The Hall–Kier alpha value is -3.13. The number of nitrogens with zero attached hydrogens (tertiary/aromatic N) is 3. The average molecular weight is 332 g/mol. The lowest BCUT2D eigenvalue weighted by atomic mass is 10.1. The van der Waals surface area contributed by atoms with Gasteiger partial charge < -0.3 is 9.88 Å². The number of fused-ring (bicyclic) bond motifs is 1. The van der Waals surface area contributed by atoms with Crippen LogP contribution >= 0.6 is 0 Å². The fourth-order valence-electron chi connectivity index (χ4n) is 2.90. The second-order valence-electron chi connectivity index (χ2n) is 6.09. The Bertz CT molecular complexity index is 937. The van der Waals surface area contributed by atoms with E-state index in [1.54, 1.807) is 11.1 Å². The monoisotopic (exact) mass is 332 g/mol. The van der Waals surface area contributed by atoms with E-state index in [1.807, 2.05) is 50.2 Å². The molecule has 0 unspecified atom stereocenters. The summed E-state index contributed by atoms with van der Waals surface area (Å²) in [6.07, 6.45) is 2.00. The van der Waals surface area contributed by atoms with Gasteiger partial charge in [0.1, 0.15) is 0 Å². The molecule has 0 atom stereocenters. The number of aromatic amines is 1. The fourth-order valence-corrected chi connectivity index (χ4v) is 2.90. The number of aryl methyl sites for hydroxylation is 2. The number of nitrogens with one attached hydrogen (secondary N) is 1. The summed E-state index contributed by atoms with van der Waals surface area (Å²) in [7, 11) is 0. The van der Waals surface area contributed by atoms with Crippen LogP contribution in [0.5, 0.6) is 0 Å². The summed E-state index contributed by atoms with van der Waals surface area (Å²) in [4.78, 5) is 22.3. The molecular weight excluding hydrogens is 312 g/mol. The van der Waals surface area contributed by atoms with Gasteiger partial charge in [0, 0.05) is 34.9 Å². The van der Waals surface area contributed by atoms with E-state index in [0.29, 0.717) is 25.1 Å². The first-order valence-electron chi connectivity index (χ1n) is 8.25. The molecule has 5 nitrogen and oxygen atoms in total. The molecule has 3 aromatic rings. The van der Waals surface area contributed by atoms with Crippen molar-refractivity contribution in [2.45, 2.75) is 26.8 Å². The van der Waals surface area contributed by atoms with Crippen LogP contribution in [0.25, 0.3) is 10.9 Å². The topological polar surface area (TPSA) is 72.8 Å². The molecule has 3 rings (SSSR count). The highest BCUT2D eigenvalue weighted by Crippen LogP contribution is 2.23. The van der Waals surface area contributed by atoms with Crippen molar-refractivity contribution in [3.63, 3.8) is 0 Å². The van der Waals surface area contributed by atoms with Gasteiger partial charge in [-0.05, 0) is 49.7 Å². The van der Waals surface area contributed by atoms with Gasteiger partial charge in [0.2, 0.25) is 0 Å². The summed E-state index contributed by atoms with van der Waals surface area (Å²) >= 11 is 0. The number of hydrogen-bond donors (Lipinski definition) is 1. The SMILES string of the molecule is Cc1[nH]c2ccc(C(=O)N(CCC#N)Cc3ccccn3)cc2c1C. The molecule has 0 aliphatic heterocycles. The molecular formula is C20H20N4O. The lowest BCUT2D eigenvalue weighted by Gasteiger charge is -2.21. The fraction of sp³-hybridized carbons (Fsp3) is 0.250. The van der Waals surface area contributed by atoms with E-state index in [4.69, 9.17) is 5.26 Å². The first-order valence-corrected chi connectivity index (χ1v) is 8.25. The van der Waals surface area contributed by atoms with Crippen molar-refractivity contribution < 1.29 is 4.79 Å². The average Bonchev–Trinajstić information content (AvgIpc) is 2.92. The van der Waals surface area contributed by atoms with Gasteiger partial charge in [-0.25, -0.2) is 0 Å². The minimum atomic E-state index is -0.0824. The molecule has 25 heavy (non-hydrogen) atoms. The van der Waals surface area contributed by atoms with Crippen LogP contribution in [0, 0.1) is 25.2 Å². The van der Waals surface area contributed by atoms with Crippen molar-refractivity contribution in [2.24, 2.45) is 0 Å². The van der Waals surface area contributed by atoms with E-state index in [-0.39, 0.29) is 5.91 Å². The number of hydrogen-bond acceptors (Lipinski definition) is 3. The van der Waals surface area contributed by atoms with Crippen LogP contribution in [-0.4, -0.2) is 27.3 Å². The van der Waals surface area contributed by atoms with Crippen LogP contribution in [0.3, 0.4) is 0 Å². The lowest BCUT2D eigenvalue weighted by Crippen LogP contribution is -2.31. The van der Waals surface area contributed by atoms with Crippen molar-refractivity contribution in [2.75, 3.05) is 6.54 Å². The van der Waals surface area contributed by atoms with E-state index in [2.05, 4.69) is 16.0 Å². The minimum Gasteiger partial charge on any atom is -0.358 e. The molecule has 5 heteroatoms. The molecule has 1 N–H and O–H groups in total. The van der Waals surface area contributed by atoms with E-state index < -0.39 is 0 Å². The Kier molecular flexibility index (Phi) is 4.80. The number of rotatable bonds is 5. The minimum absolute atomic E-state index is 0.0824. The Labute approximate surface area is 146 Å². The second-order valence-corrected chi connectivity index (χ2v) is 6.09. The molecule has 0 fully saturated rings. The van der Waals surface area contributed by atoms with E-state index in [9.17, 15) is 4.79 Å². The Morgan fingerprint density at radius 1 is 1.28 bits per heavy atom. The Morgan fingerprint density at radius 2 is 2.12 bits per heavy atom. The summed E-state index contributed by atoms with van der Waals surface area (Å²) in [6, 6.07) is 13.4. The maximum absolute atomic E-state index is 13.0. The standard InChI is InChI=1S/C20H20N4O/c1-14-15(2)23-19-8-7-16(12-18(14)19)20(25)24(11-5-9-21)13-17-6-3-4-10-22-17/h3-4,6-8,10,12,23H,5,11,13H2,1-2H3. The van der Waals surface area contributed by atoms with Crippen LogP contribution in [0.1, 0.15) is 33.7 Å². The maximum Gasteiger partial charge on any atom is 0.254 e. The van der Waals surface area contributed by atoms with Gasteiger partial charge in [0.05, 0.1) is 24.7 Å². The first kappa shape index (κ1) is 16.7. The van der Waals surface area contributed by atoms with Crippen LogP contribution in [-0.2, 0) is 6.54 Å². The highest BCUT2D eigenvalue weighted by molar-refractivity contribution is 5.99. The summed E-state index contributed by atoms with van der Waals surface area (Å²) in [6.45, 7) is 4.85. The number of pyridine rings is 1. The highest BCUT2D eigenvalue weighted by atomic mass is 16.2. The third kappa shape index (κ3) is 3.53. The predicted octanol–water partition coefficient (Wildman–Crippen LogP) is 3.74. The molecule has 0 radical (unpaired) electrons. The van der Waals surface area contributed by atoms with Gasteiger partial charge in [-0.2, -0.15) is 5.26 Å². The van der Waals surface area contributed by atoms with E-state index >= 15 is 0 Å². The molecule has 2 heterocycles. The molecule has 126 valence electrons. The predicted molar refractivity (Wildman–Crippen MR) is 97.0 cm³/mol. The van der Waals surface area contributed by atoms with Crippen molar-refractivity contribution in [3.8, 4) is 6.07 Å². The van der Waals surface area contributed by atoms with Crippen LogP contribution in [0.4, 0.5) is 0 Å². The number of carbonyl (C=O) groups is 1. The van der Waals surface area contributed by atoms with Crippen LogP contribution in [0.15, 0.2) is 42.6 Å². The van der Waals surface area contributed by atoms with Gasteiger partial charge in [0.25, 0.3) is 5.91 Å². The molecule has 2 aromatic heterocycles. The molecule has 0 saturated heterocycles. The van der Waals surface area contributed by atoms with Crippen LogP contribution < -0.4 is 0 Å². The zero-order valence-corrected chi connectivity index (χ0v) is 14.4. The van der Waals surface area contributed by atoms with Crippen molar-refractivity contribution in [3.05, 3.63) is 65.1 Å². The van der Waals surface area contributed by atoms with Crippen molar-refractivity contribution in [1.29, 1.82) is 5.26 Å². The zero-order valence-electron chi connectivity index (χ0n) is 14.4. The third-order valence-electron chi connectivity index (χ3n) is 4.41. The highest BCUT2D eigenvalue weighted by Gasteiger charge is 2.18. The largest absolute Gasteiger partial charge is 0.358 e. The van der Waals surface area contributed by atoms with Gasteiger partial charge >= 0.3 is 0 Å². The first-order chi connectivity index (χ1) is 12.1. The second kappa shape index (κ2) is 7.18. The Morgan fingerprint density at radius 3 is 2.84 bits per heavy atom. The smallest absolute Gasteiger partial charge is 0.254 e. The number of benzene rings is 1. The van der Waals surface area contributed by atoms with Gasteiger partial charge in [-0.15, -0.1) is 0 Å². The Balaban J connectivity index is 1.91. The number of H-pyrrole nitrogens is 1. The summed E-state index contributed by atoms with van der Waals surface area (Å²) in [5.74, 6) is -0.0824. The van der Waals surface area contributed by atoms with E-state index in [1.165, 1.54) is 0 Å². The van der Waals surface area contributed by atoms with E-state index in [0.717, 1.165) is 27.9 Å². The summed E-state index contributed by atoms with van der Waals surface area (Å²) in [5, 5.41) is 9.96. The molecule has 0 saturated carbocycles. The third-order valence-corrected chi connectivity index (χ3v) is 4.41. The molecule has 0 aliphatic rings.